The summed E-state index contributed by atoms with van der Waals surface area (Å²) in [5, 5.41) is 6.94. The van der Waals surface area contributed by atoms with Crippen LogP contribution in [0.15, 0.2) is 24.3 Å². The highest BCUT2D eigenvalue weighted by Crippen LogP contribution is 2.28. The van der Waals surface area contributed by atoms with Crippen molar-refractivity contribution < 1.29 is 4.74 Å². The number of fused-ring (bicyclic) bond motifs is 1. The van der Waals surface area contributed by atoms with Gasteiger partial charge in [-0.25, -0.2) is 0 Å². The second-order valence-corrected chi connectivity index (χ2v) is 6.54. The van der Waals surface area contributed by atoms with Crippen LogP contribution in [0, 0.1) is 11.3 Å². The quantitative estimate of drug-likeness (QED) is 0.874. The number of ether oxygens (including phenoxy) is 1. The molecule has 0 spiro atoms. The zero-order chi connectivity index (χ0) is 13.9. The lowest BCUT2D eigenvalue weighted by Gasteiger charge is -2.30. The van der Waals surface area contributed by atoms with Gasteiger partial charge in [0, 0.05) is 6.54 Å². The third-order valence-electron chi connectivity index (χ3n) is 4.00. The molecule has 2 rings (SSSR count). The van der Waals surface area contributed by atoms with Gasteiger partial charge in [0.1, 0.15) is 11.9 Å². The van der Waals surface area contributed by atoms with Gasteiger partial charge in [0.25, 0.3) is 0 Å². The summed E-state index contributed by atoms with van der Waals surface area (Å²) < 4.78 is 5.97. The molecule has 1 aliphatic heterocycles. The Hall–Kier alpha value is -1.22. The predicted molar refractivity (Wildman–Crippen MR) is 80.8 cm³/mol. The number of benzene rings is 1. The molecule has 1 aromatic carbocycles. The van der Waals surface area contributed by atoms with E-state index in [1.165, 1.54) is 0 Å². The summed E-state index contributed by atoms with van der Waals surface area (Å²) in [4.78, 5) is 0. The highest BCUT2D eigenvalue weighted by Gasteiger charge is 2.21. The number of nitrogens with one attached hydrogen (secondary N) is 2. The monoisotopic (exact) mass is 262 g/mol. The minimum atomic E-state index is 0.210. The molecule has 1 aliphatic rings. The minimum absolute atomic E-state index is 0.210. The Kier molecular flexibility index (Phi) is 4.35. The fourth-order valence-corrected chi connectivity index (χ4v) is 2.04. The Bertz CT molecular complexity index is 411. The van der Waals surface area contributed by atoms with E-state index in [0.29, 0.717) is 11.3 Å². The molecule has 0 aliphatic carbocycles. The molecule has 3 nitrogen and oxygen atoms in total. The van der Waals surface area contributed by atoms with Gasteiger partial charge in [-0.3, -0.25) is 0 Å². The molecule has 0 saturated heterocycles. The predicted octanol–water partition coefficient (Wildman–Crippen LogP) is 3.13. The summed E-state index contributed by atoms with van der Waals surface area (Å²) in [6.45, 7) is 11.9. The maximum atomic E-state index is 5.97. The van der Waals surface area contributed by atoms with Crippen molar-refractivity contribution in [1.82, 2.24) is 5.32 Å². The first kappa shape index (κ1) is 14.2. The topological polar surface area (TPSA) is 33.3 Å². The Labute approximate surface area is 116 Å². The second-order valence-electron chi connectivity index (χ2n) is 6.54. The van der Waals surface area contributed by atoms with Gasteiger partial charge in [0.05, 0.1) is 12.2 Å². The Morgan fingerprint density at radius 1 is 1.37 bits per heavy atom. The van der Waals surface area contributed by atoms with Crippen LogP contribution in [0.4, 0.5) is 5.69 Å². The van der Waals surface area contributed by atoms with Crippen LogP contribution in [0.1, 0.15) is 27.7 Å². The maximum absolute atomic E-state index is 5.97. The summed E-state index contributed by atoms with van der Waals surface area (Å²) in [5.41, 5.74) is 1.45. The molecular weight excluding hydrogens is 236 g/mol. The van der Waals surface area contributed by atoms with Crippen molar-refractivity contribution >= 4 is 5.69 Å². The summed E-state index contributed by atoms with van der Waals surface area (Å²) in [5.74, 6) is 1.61. The average Bonchev–Trinajstić information content (AvgIpc) is 2.37. The van der Waals surface area contributed by atoms with Gasteiger partial charge in [-0.05, 0) is 30.0 Å². The zero-order valence-corrected chi connectivity index (χ0v) is 12.5. The average molecular weight is 262 g/mol. The van der Waals surface area contributed by atoms with Crippen LogP contribution in [0.2, 0.25) is 0 Å². The van der Waals surface area contributed by atoms with Crippen molar-refractivity contribution in [2.45, 2.75) is 33.8 Å². The molecule has 3 heteroatoms. The van der Waals surface area contributed by atoms with E-state index in [1.54, 1.807) is 0 Å². The van der Waals surface area contributed by atoms with Crippen molar-refractivity contribution in [3.63, 3.8) is 0 Å². The number of para-hydroxylation sites is 2. The third-order valence-corrected chi connectivity index (χ3v) is 4.00. The first-order chi connectivity index (χ1) is 8.97. The molecular formula is C16H26N2O. The molecule has 0 radical (unpaired) electrons. The van der Waals surface area contributed by atoms with Gasteiger partial charge in [0.15, 0.2) is 0 Å². The Morgan fingerprint density at radius 3 is 2.84 bits per heavy atom. The number of anilines is 1. The second kappa shape index (κ2) is 5.83. The van der Waals surface area contributed by atoms with Gasteiger partial charge in [0.2, 0.25) is 0 Å². The van der Waals surface area contributed by atoms with Gasteiger partial charge in [-0.1, -0.05) is 39.8 Å². The highest BCUT2D eigenvalue weighted by molar-refractivity contribution is 5.57. The van der Waals surface area contributed by atoms with Gasteiger partial charge in [-0.2, -0.15) is 0 Å². The van der Waals surface area contributed by atoms with E-state index in [0.717, 1.165) is 31.1 Å². The smallest absolute Gasteiger partial charge is 0.142 e. The molecule has 0 aromatic heterocycles. The largest absolute Gasteiger partial charge is 0.485 e. The molecule has 2 unspecified atom stereocenters. The first-order valence-corrected chi connectivity index (χ1v) is 7.17. The molecule has 0 saturated carbocycles. The maximum Gasteiger partial charge on any atom is 0.142 e. The SMILES string of the molecule is CC(CNCC1CNc2ccccc2O1)C(C)(C)C. The molecule has 0 bridgehead atoms. The van der Waals surface area contributed by atoms with Crippen LogP contribution in [-0.2, 0) is 0 Å². The lowest BCUT2D eigenvalue weighted by molar-refractivity contribution is 0.189. The van der Waals surface area contributed by atoms with Crippen molar-refractivity contribution in [2.24, 2.45) is 11.3 Å². The van der Waals surface area contributed by atoms with Crippen LogP contribution < -0.4 is 15.4 Å². The molecule has 19 heavy (non-hydrogen) atoms. The van der Waals surface area contributed by atoms with E-state index in [9.17, 15) is 0 Å². The van der Waals surface area contributed by atoms with Crippen molar-refractivity contribution in [2.75, 3.05) is 25.0 Å². The minimum Gasteiger partial charge on any atom is -0.485 e. The molecule has 106 valence electrons. The fourth-order valence-electron chi connectivity index (χ4n) is 2.04. The van der Waals surface area contributed by atoms with Crippen LogP contribution in [0.25, 0.3) is 0 Å². The normalized spacial score (nSPS) is 20.1. The molecule has 1 aromatic rings. The zero-order valence-electron chi connectivity index (χ0n) is 12.5. The van der Waals surface area contributed by atoms with E-state index < -0.39 is 0 Å². The van der Waals surface area contributed by atoms with Crippen molar-refractivity contribution in [3.05, 3.63) is 24.3 Å². The number of hydrogen-bond acceptors (Lipinski definition) is 3. The van der Waals surface area contributed by atoms with Crippen LogP contribution in [0.5, 0.6) is 5.75 Å². The standard InChI is InChI=1S/C16H26N2O/c1-12(16(2,3)4)9-17-10-13-11-18-14-7-5-6-8-15(14)19-13/h5-8,12-13,17-18H,9-11H2,1-4H3. The summed E-state index contributed by atoms with van der Waals surface area (Å²) in [6, 6.07) is 8.11. The van der Waals surface area contributed by atoms with Gasteiger partial charge < -0.3 is 15.4 Å². The number of rotatable bonds is 4. The Morgan fingerprint density at radius 2 is 2.11 bits per heavy atom. The van der Waals surface area contributed by atoms with Crippen LogP contribution in [0.3, 0.4) is 0 Å². The van der Waals surface area contributed by atoms with E-state index in [1.807, 2.05) is 18.2 Å². The lowest BCUT2D eigenvalue weighted by atomic mass is 9.82. The van der Waals surface area contributed by atoms with Crippen LogP contribution >= 0.6 is 0 Å². The molecule has 0 fully saturated rings. The van der Waals surface area contributed by atoms with E-state index in [2.05, 4.69) is 44.4 Å². The molecule has 2 N–H and O–H groups in total. The number of hydrogen-bond donors (Lipinski definition) is 2. The first-order valence-electron chi connectivity index (χ1n) is 7.17. The summed E-state index contributed by atoms with van der Waals surface area (Å²) in [6.07, 6.45) is 0.210. The molecule has 2 atom stereocenters. The summed E-state index contributed by atoms with van der Waals surface area (Å²) >= 11 is 0. The molecule has 1 heterocycles. The van der Waals surface area contributed by atoms with E-state index in [-0.39, 0.29) is 6.10 Å². The summed E-state index contributed by atoms with van der Waals surface area (Å²) in [7, 11) is 0. The van der Waals surface area contributed by atoms with E-state index in [4.69, 9.17) is 4.74 Å². The lowest BCUT2D eigenvalue weighted by Crippen LogP contribution is -2.41. The Balaban J connectivity index is 1.77. The van der Waals surface area contributed by atoms with Gasteiger partial charge >= 0.3 is 0 Å². The fraction of sp³-hybridized carbons (Fsp3) is 0.625. The van der Waals surface area contributed by atoms with Crippen LogP contribution in [-0.4, -0.2) is 25.7 Å². The van der Waals surface area contributed by atoms with Crippen molar-refractivity contribution in [1.29, 1.82) is 0 Å². The highest BCUT2D eigenvalue weighted by atomic mass is 16.5. The third kappa shape index (κ3) is 3.87. The molecule has 0 amide bonds. The van der Waals surface area contributed by atoms with Gasteiger partial charge in [-0.15, -0.1) is 0 Å². The van der Waals surface area contributed by atoms with E-state index >= 15 is 0 Å². The van der Waals surface area contributed by atoms with Crippen molar-refractivity contribution in [3.8, 4) is 5.75 Å².